The number of rotatable bonds is 3. The SMILES string of the molecule is O=C(Nc1scnc1-c1ccccc1)N[C@H]1CCCn2ncnc21. The Balaban J connectivity index is 1.48. The van der Waals surface area contributed by atoms with Crippen molar-refractivity contribution >= 4 is 22.4 Å². The maximum Gasteiger partial charge on any atom is 0.320 e. The minimum Gasteiger partial charge on any atom is -0.328 e. The van der Waals surface area contributed by atoms with Crippen molar-refractivity contribution in [2.75, 3.05) is 5.32 Å². The molecule has 0 fully saturated rings. The van der Waals surface area contributed by atoms with Crippen LogP contribution < -0.4 is 10.6 Å². The van der Waals surface area contributed by atoms with E-state index < -0.39 is 0 Å². The van der Waals surface area contributed by atoms with Crippen LogP contribution in [0, 0.1) is 0 Å². The van der Waals surface area contributed by atoms with Crippen LogP contribution in [-0.4, -0.2) is 25.8 Å². The van der Waals surface area contributed by atoms with Gasteiger partial charge in [0.05, 0.1) is 11.6 Å². The molecule has 4 rings (SSSR count). The van der Waals surface area contributed by atoms with E-state index in [1.54, 1.807) is 5.51 Å². The zero-order chi connectivity index (χ0) is 16.4. The van der Waals surface area contributed by atoms with Crippen LogP contribution >= 0.6 is 11.3 Å². The fourth-order valence-electron chi connectivity index (χ4n) is 2.86. The van der Waals surface area contributed by atoms with Crippen molar-refractivity contribution in [1.82, 2.24) is 25.1 Å². The van der Waals surface area contributed by atoms with Gasteiger partial charge in [0, 0.05) is 12.1 Å². The molecule has 2 N–H and O–H groups in total. The van der Waals surface area contributed by atoms with Gasteiger partial charge in [0.1, 0.15) is 22.8 Å². The zero-order valence-corrected chi connectivity index (χ0v) is 13.7. The molecule has 0 aliphatic carbocycles. The second-order valence-corrected chi connectivity index (χ2v) is 6.39. The molecule has 24 heavy (non-hydrogen) atoms. The molecule has 1 aromatic carbocycles. The summed E-state index contributed by atoms with van der Waals surface area (Å²) in [6.45, 7) is 0.849. The van der Waals surface area contributed by atoms with Crippen molar-refractivity contribution in [3.63, 3.8) is 0 Å². The van der Waals surface area contributed by atoms with Crippen molar-refractivity contribution in [3.05, 3.63) is 48.0 Å². The maximum absolute atomic E-state index is 12.4. The molecule has 7 nitrogen and oxygen atoms in total. The van der Waals surface area contributed by atoms with Crippen LogP contribution in [0.1, 0.15) is 24.7 Å². The molecule has 0 saturated heterocycles. The van der Waals surface area contributed by atoms with E-state index in [0.29, 0.717) is 0 Å². The number of nitrogens with zero attached hydrogens (tertiary/aromatic N) is 4. The molecule has 0 spiro atoms. The number of nitrogens with one attached hydrogen (secondary N) is 2. The van der Waals surface area contributed by atoms with Gasteiger partial charge in [-0.15, -0.1) is 11.3 Å². The summed E-state index contributed by atoms with van der Waals surface area (Å²) < 4.78 is 1.84. The van der Waals surface area contributed by atoms with Crippen LogP contribution in [0.5, 0.6) is 0 Å². The molecule has 0 radical (unpaired) electrons. The largest absolute Gasteiger partial charge is 0.328 e. The third-order valence-electron chi connectivity index (χ3n) is 3.97. The first kappa shape index (κ1) is 14.8. The van der Waals surface area contributed by atoms with Gasteiger partial charge < -0.3 is 5.32 Å². The molecular weight excluding hydrogens is 324 g/mol. The van der Waals surface area contributed by atoms with Gasteiger partial charge in [0.25, 0.3) is 0 Å². The fraction of sp³-hybridized carbons (Fsp3) is 0.250. The van der Waals surface area contributed by atoms with Gasteiger partial charge in [-0.05, 0) is 12.8 Å². The molecule has 0 unspecified atom stereocenters. The number of urea groups is 1. The minimum atomic E-state index is -0.252. The summed E-state index contributed by atoms with van der Waals surface area (Å²) in [5.41, 5.74) is 3.49. The van der Waals surface area contributed by atoms with Gasteiger partial charge in [-0.1, -0.05) is 30.3 Å². The van der Waals surface area contributed by atoms with Crippen molar-refractivity contribution in [1.29, 1.82) is 0 Å². The van der Waals surface area contributed by atoms with Gasteiger partial charge in [-0.25, -0.2) is 19.4 Å². The highest BCUT2D eigenvalue weighted by Crippen LogP contribution is 2.30. The monoisotopic (exact) mass is 340 g/mol. The number of benzene rings is 1. The highest BCUT2D eigenvalue weighted by molar-refractivity contribution is 7.14. The van der Waals surface area contributed by atoms with Crippen molar-refractivity contribution in [3.8, 4) is 11.3 Å². The summed E-state index contributed by atoms with van der Waals surface area (Å²) in [5.74, 6) is 0.809. The Labute approximate surface area is 142 Å². The summed E-state index contributed by atoms with van der Waals surface area (Å²) in [6, 6.07) is 9.44. The van der Waals surface area contributed by atoms with Gasteiger partial charge in [-0.2, -0.15) is 5.10 Å². The highest BCUT2D eigenvalue weighted by atomic mass is 32.1. The molecule has 2 amide bonds. The molecule has 1 aliphatic heterocycles. The molecule has 2 aromatic heterocycles. The fourth-order valence-corrected chi connectivity index (χ4v) is 3.56. The van der Waals surface area contributed by atoms with Crippen LogP contribution in [0.4, 0.5) is 9.80 Å². The molecule has 3 heterocycles. The Morgan fingerprint density at radius 2 is 2.12 bits per heavy atom. The second-order valence-electron chi connectivity index (χ2n) is 5.53. The van der Waals surface area contributed by atoms with E-state index in [-0.39, 0.29) is 12.1 Å². The Hall–Kier alpha value is -2.74. The average Bonchev–Trinajstić information content (AvgIpc) is 3.25. The summed E-state index contributed by atoms with van der Waals surface area (Å²) >= 11 is 1.41. The summed E-state index contributed by atoms with van der Waals surface area (Å²) in [5, 5.41) is 10.8. The number of thiazole rings is 1. The average molecular weight is 340 g/mol. The molecule has 0 bridgehead atoms. The van der Waals surface area contributed by atoms with Crippen LogP contribution in [0.3, 0.4) is 0 Å². The number of aromatic nitrogens is 4. The number of anilines is 1. The lowest BCUT2D eigenvalue weighted by molar-refractivity contribution is 0.244. The summed E-state index contributed by atoms with van der Waals surface area (Å²) in [7, 11) is 0. The van der Waals surface area contributed by atoms with Gasteiger partial charge in [-0.3, -0.25) is 5.32 Å². The predicted molar refractivity (Wildman–Crippen MR) is 91.7 cm³/mol. The quantitative estimate of drug-likeness (QED) is 0.767. The van der Waals surface area contributed by atoms with E-state index in [0.717, 1.165) is 41.5 Å². The number of carbonyl (C=O) groups excluding carboxylic acids is 1. The predicted octanol–water partition coefficient (Wildman–Crippen LogP) is 3.06. The second kappa shape index (κ2) is 6.40. The lowest BCUT2D eigenvalue weighted by Crippen LogP contribution is -2.36. The number of hydrogen-bond donors (Lipinski definition) is 2. The molecule has 1 aliphatic rings. The molecule has 1 atom stereocenters. The van der Waals surface area contributed by atoms with E-state index in [2.05, 4.69) is 25.7 Å². The van der Waals surface area contributed by atoms with E-state index in [1.807, 2.05) is 35.0 Å². The molecule has 122 valence electrons. The van der Waals surface area contributed by atoms with Gasteiger partial charge in [0.15, 0.2) is 0 Å². The zero-order valence-electron chi connectivity index (χ0n) is 12.8. The van der Waals surface area contributed by atoms with Crippen molar-refractivity contribution < 1.29 is 4.79 Å². The number of carbonyl (C=O) groups is 1. The molecule has 0 saturated carbocycles. The summed E-state index contributed by atoms with van der Waals surface area (Å²) in [6.07, 6.45) is 3.36. The number of amides is 2. The maximum atomic E-state index is 12.4. The van der Waals surface area contributed by atoms with E-state index >= 15 is 0 Å². The third-order valence-corrected chi connectivity index (χ3v) is 4.71. The topological polar surface area (TPSA) is 84.7 Å². The Morgan fingerprint density at radius 1 is 1.25 bits per heavy atom. The number of aryl methyl sites for hydroxylation is 1. The first-order chi connectivity index (χ1) is 11.8. The van der Waals surface area contributed by atoms with Crippen molar-refractivity contribution in [2.45, 2.75) is 25.4 Å². The first-order valence-electron chi connectivity index (χ1n) is 7.75. The third kappa shape index (κ3) is 2.88. The van der Waals surface area contributed by atoms with Crippen LogP contribution in [0.25, 0.3) is 11.3 Å². The molecule has 3 aromatic rings. The lowest BCUT2D eigenvalue weighted by atomic mass is 10.1. The Bertz CT molecular complexity index is 843. The van der Waals surface area contributed by atoms with Crippen LogP contribution in [0.2, 0.25) is 0 Å². The Kier molecular flexibility index (Phi) is 3.96. The standard InChI is InChI=1S/C16H16N6OS/c23-16(20-12-7-4-8-22-14(12)17-9-19-22)21-15-13(18-10-24-15)11-5-2-1-3-6-11/h1-3,5-6,9-10,12H,4,7-8H2,(H2,20,21,23)/t12-/m0/s1. The smallest absolute Gasteiger partial charge is 0.320 e. The molecular formula is C16H16N6OS. The van der Waals surface area contributed by atoms with E-state index in [1.165, 1.54) is 17.7 Å². The number of hydrogen-bond acceptors (Lipinski definition) is 5. The van der Waals surface area contributed by atoms with E-state index in [4.69, 9.17) is 0 Å². The summed E-state index contributed by atoms with van der Waals surface area (Å²) in [4.78, 5) is 21.0. The minimum absolute atomic E-state index is 0.116. The lowest BCUT2D eigenvalue weighted by Gasteiger charge is -2.23. The van der Waals surface area contributed by atoms with Gasteiger partial charge in [0.2, 0.25) is 0 Å². The van der Waals surface area contributed by atoms with Crippen molar-refractivity contribution in [2.24, 2.45) is 0 Å². The highest BCUT2D eigenvalue weighted by Gasteiger charge is 2.24. The first-order valence-corrected chi connectivity index (χ1v) is 8.63. The van der Waals surface area contributed by atoms with E-state index in [9.17, 15) is 4.79 Å². The van der Waals surface area contributed by atoms with Crippen LogP contribution in [0.15, 0.2) is 42.2 Å². The number of fused-ring (bicyclic) bond motifs is 1. The Morgan fingerprint density at radius 3 is 3.00 bits per heavy atom. The normalized spacial score (nSPS) is 16.4. The van der Waals surface area contributed by atoms with Crippen LogP contribution in [-0.2, 0) is 6.54 Å². The van der Waals surface area contributed by atoms with Gasteiger partial charge >= 0.3 is 6.03 Å². The molecule has 8 heteroatoms.